The average molecular weight is 279 g/mol. The minimum atomic E-state index is 0.229. The van der Waals surface area contributed by atoms with E-state index in [1.807, 2.05) is 12.1 Å². The minimum Gasteiger partial charge on any atom is -0.493 e. The van der Waals surface area contributed by atoms with Crippen LogP contribution in [0, 0.1) is 0 Å². The second-order valence-electron chi connectivity index (χ2n) is 5.16. The monoisotopic (exact) mass is 279 g/mol. The van der Waals surface area contributed by atoms with Crippen LogP contribution in [0.4, 0.5) is 11.4 Å². The molecule has 3 N–H and O–H groups in total. The Morgan fingerprint density at radius 1 is 1.20 bits per heavy atom. The molecule has 0 aliphatic carbocycles. The van der Waals surface area contributed by atoms with Gasteiger partial charge in [-0.15, -0.1) is 0 Å². The number of benzene rings is 1. The van der Waals surface area contributed by atoms with E-state index < -0.39 is 0 Å². The molecule has 1 saturated heterocycles. The summed E-state index contributed by atoms with van der Waals surface area (Å²) in [6, 6.07) is 5.94. The maximum Gasteiger partial charge on any atom is 0.123 e. The molecule has 1 heterocycles. The number of ether oxygens (including phenoxy) is 1. The van der Waals surface area contributed by atoms with Crippen LogP contribution in [0.25, 0.3) is 0 Å². The first-order valence-corrected chi connectivity index (χ1v) is 7.34. The third-order valence-corrected chi connectivity index (χ3v) is 3.54. The fourth-order valence-corrected chi connectivity index (χ4v) is 2.46. The molecule has 1 aliphatic heterocycles. The zero-order chi connectivity index (χ0) is 14.4. The van der Waals surface area contributed by atoms with E-state index in [4.69, 9.17) is 15.6 Å². The fourth-order valence-electron chi connectivity index (χ4n) is 2.46. The molecule has 20 heavy (non-hydrogen) atoms. The molecule has 1 aromatic carbocycles. The first-order chi connectivity index (χ1) is 9.72. The van der Waals surface area contributed by atoms with Gasteiger partial charge in [0.1, 0.15) is 5.75 Å². The van der Waals surface area contributed by atoms with E-state index in [1.165, 1.54) is 0 Å². The summed E-state index contributed by atoms with van der Waals surface area (Å²) < 4.78 is 5.68. The lowest BCUT2D eigenvalue weighted by Crippen LogP contribution is -2.47. The van der Waals surface area contributed by atoms with E-state index in [1.54, 1.807) is 0 Å². The Balaban J connectivity index is 2.00. The molecular formula is C15H25N3O2. The summed E-state index contributed by atoms with van der Waals surface area (Å²) in [7, 11) is 0. The highest BCUT2D eigenvalue weighted by molar-refractivity contribution is 5.60. The fraction of sp³-hybridized carbons (Fsp3) is 0.600. The highest BCUT2D eigenvalue weighted by Gasteiger charge is 2.17. The Bertz CT molecular complexity index is 418. The number of hydrogen-bond acceptors (Lipinski definition) is 5. The molecule has 0 atom stereocenters. The molecular weight excluding hydrogens is 254 g/mol. The molecule has 1 aromatic rings. The summed E-state index contributed by atoms with van der Waals surface area (Å²) >= 11 is 0. The van der Waals surface area contributed by atoms with Gasteiger partial charge in [-0.3, -0.25) is 4.90 Å². The molecule has 5 nitrogen and oxygen atoms in total. The van der Waals surface area contributed by atoms with E-state index >= 15 is 0 Å². The van der Waals surface area contributed by atoms with Crippen LogP contribution in [0.2, 0.25) is 0 Å². The van der Waals surface area contributed by atoms with Gasteiger partial charge in [0.15, 0.2) is 0 Å². The summed E-state index contributed by atoms with van der Waals surface area (Å²) in [4.78, 5) is 4.60. The average Bonchev–Trinajstić information content (AvgIpc) is 2.46. The Kier molecular flexibility index (Phi) is 5.49. The van der Waals surface area contributed by atoms with E-state index in [-0.39, 0.29) is 6.61 Å². The largest absolute Gasteiger partial charge is 0.493 e. The first-order valence-electron chi connectivity index (χ1n) is 7.34. The molecule has 2 rings (SSSR count). The lowest BCUT2D eigenvalue weighted by atomic mass is 10.2. The molecule has 0 amide bonds. The predicted octanol–water partition coefficient (Wildman–Crippen LogP) is 1.17. The van der Waals surface area contributed by atoms with Crippen molar-refractivity contribution in [2.45, 2.75) is 13.3 Å². The van der Waals surface area contributed by atoms with Crippen molar-refractivity contribution < 1.29 is 9.84 Å². The SMILES string of the molecule is CCCOc1cc(N)cc(N2CCN(CCO)CC2)c1. The maximum absolute atomic E-state index is 8.97. The van der Waals surface area contributed by atoms with Crippen molar-refractivity contribution in [3.63, 3.8) is 0 Å². The van der Waals surface area contributed by atoms with Crippen LogP contribution >= 0.6 is 0 Å². The van der Waals surface area contributed by atoms with E-state index in [0.717, 1.165) is 56.3 Å². The van der Waals surface area contributed by atoms with Gasteiger partial charge in [-0.1, -0.05) is 6.92 Å². The smallest absolute Gasteiger partial charge is 0.123 e. The summed E-state index contributed by atoms with van der Waals surface area (Å²) in [5.41, 5.74) is 7.83. The van der Waals surface area contributed by atoms with E-state index in [0.29, 0.717) is 6.61 Å². The topological polar surface area (TPSA) is 62.0 Å². The predicted molar refractivity (Wildman–Crippen MR) is 82.4 cm³/mol. The van der Waals surface area contributed by atoms with Crippen LogP contribution in [0.15, 0.2) is 18.2 Å². The van der Waals surface area contributed by atoms with E-state index in [9.17, 15) is 0 Å². The van der Waals surface area contributed by atoms with Crippen LogP contribution in [0.1, 0.15) is 13.3 Å². The maximum atomic E-state index is 8.97. The molecule has 0 aromatic heterocycles. The Morgan fingerprint density at radius 2 is 1.95 bits per heavy atom. The summed E-state index contributed by atoms with van der Waals surface area (Å²) in [5, 5.41) is 8.97. The Labute approximate surface area is 120 Å². The van der Waals surface area contributed by atoms with Gasteiger partial charge in [-0.05, 0) is 12.5 Å². The van der Waals surface area contributed by atoms with Crippen molar-refractivity contribution in [1.29, 1.82) is 0 Å². The number of hydrogen-bond donors (Lipinski definition) is 2. The number of nitrogen functional groups attached to an aromatic ring is 1. The van der Waals surface area contributed by atoms with E-state index in [2.05, 4.69) is 22.8 Å². The van der Waals surface area contributed by atoms with Crippen molar-refractivity contribution in [1.82, 2.24) is 4.90 Å². The summed E-state index contributed by atoms with van der Waals surface area (Å²) in [6.45, 7) is 7.65. The van der Waals surface area contributed by atoms with Gasteiger partial charge in [-0.2, -0.15) is 0 Å². The molecule has 1 aliphatic rings. The quantitative estimate of drug-likeness (QED) is 0.766. The normalized spacial score (nSPS) is 16.4. The minimum absolute atomic E-state index is 0.229. The highest BCUT2D eigenvalue weighted by atomic mass is 16.5. The molecule has 0 spiro atoms. The molecule has 5 heteroatoms. The number of aliphatic hydroxyl groups excluding tert-OH is 1. The van der Waals surface area contributed by atoms with Gasteiger partial charge in [0.25, 0.3) is 0 Å². The van der Waals surface area contributed by atoms with Crippen LogP contribution in [-0.4, -0.2) is 55.9 Å². The van der Waals surface area contributed by atoms with Crippen molar-refractivity contribution in [3.8, 4) is 5.75 Å². The standard InChI is InChI=1S/C15H25N3O2/c1-2-9-20-15-11-13(16)10-14(12-15)18-5-3-17(4-6-18)7-8-19/h10-12,19H,2-9,16H2,1H3. The van der Waals surface area contributed by atoms with Crippen LogP contribution in [0.5, 0.6) is 5.75 Å². The lowest BCUT2D eigenvalue weighted by molar-refractivity contribution is 0.189. The molecule has 1 fully saturated rings. The van der Waals surface area contributed by atoms with Gasteiger partial charge in [-0.25, -0.2) is 0 Å². The third-order valence-electron chi connectivity index (χ3n) is 3.54. The number of rotatable bonds is 6. The first kappa shape index (κ1) is 14.9. The number of piperazine rings is 1. The number of nitrogens with two attached hydrogens (primary N) is 1. The van der Waals surface area contributed by atoms with Crippen LogP contribution < -0.4 is 15.4 Å². The van der Waals surface area contributed by atoms with Gasteiger partial charge in [0, 0.05) is 56.2 Å². The van der Waals surface area contributed by atoms with Gasteiger partial charge in [0.2, 0.25) is 0 Å². The van der Waals surface area contributed by atoms with Gasteiger partial charge >= 0.3 is 0 Å². The lowest BCUT2D eigenvalue weighted by Gasteiger charge is -2.36. The molecule has 0 bridgehead atoms. The Morgan fingerprint density at radius 3 is 2.60 bits per heavy atom. The zero-order valence-electron chi connectivity index (χ0n) is 12.2. The van der Waals surface area contributed by atoms with Crippen LogP contribution in [-0.2, 0) is 0 Å². The summed E-state index contributed by atoms with van der Waals surface area (Å²) in [5.74, 6) is 0.847. The van der Waals surface area contributed by atoms with Crippen LogP contribution in [0.3, 0.4) is 0 Å². The van der Waals surface area contributed by atoms with Gasteiger partial charge in [0.05, 0.1) is 13.2 Å². The summed E-state index contributed by atoms with van der Waals surface area (Å²) in [6.07, 6.45) is 0.990. The zero-order valence-corrected chi connectivity index (χ0v) is 12.2. The number of anilines is 2. The number of aliphatic hydroxyl groups is 1. The molecule has 112 valence electrons. The molecule has 0 saturated carbocycles. The second kappa shape index (κ2) is 7.36. The van der Waals surface area contributed by atoms with Crippen molar-refractivity contribution >= 4 is 11.4 Å². The second-order valence-corrected chi connectivity index (χ2v) is 5.16. The number of β-amino-alcohol motifs (C(OH)–C–C–N with tert-alkyl or cyclic N) is 1. The molecule has 0 radical (unpaired) electrons. The third kappa shape index (κ3) is 4.02. The highest BCUT2D eigenvalue weighted by Crippen LogP contribution is 2.26. The Hall–Kier alpha value is -1.46. The van der Waals surface area contributed by atoms with Crippen molar-refractivity contribution in [3.05, 3.63) is 18.2 Å². The van der Waals surface area contributed by atoms with Crippen molar-refractivity contribution in [2.75, 3.05) is 56.6 Å². The van der Waals surface area contributed by atoms with Gasteiger partial charge < -0.3 is 20.5 Å². The number of nitrogens with zero attached hydrogens (tertiary/aromatic N) is 2. The molecule has 0 unspecified atom stereocenters. The van der Waals surface area contributed by atoms with Crippen molar-refractivity contribution in [2.24, 2.45) is 0 Å².